The van der Waals surface area contributed by atoms with Gasteiger partial charge in [0.15, 0.2) is 11.0 Å². The number of thioether (sulfide) groups is 1. The number of hydrogen-bond donors (Lipinski definition) is 2. The average molecular weight is 528 g/mol. The number of carbonyl (C=O) groups excluding carboxylic acids is 1. The van der Waals surface area contributed by atoms with Crippen LogP contribution in [0.15, 0.2) is 83.1 Å². The lowest BCUT2D eigenvalue weighted by Crippen LogP contribution is -2.20. The van der Waals surface area contributed by atoms with E-state index in [4.69, 9.17) is 5.11 Å². The summed E-state index contributed by atoms with van der Waals surface area (Å²) in [5.74, 6) is -0.521. The topological polar surface area (TPSA) is 109 Å². The molecule has 1 aromatic heterocycles. The molecule has 0 saturated heterocycles. The predicted molar refractivity (Wildman–Crippen MR) is 150 cm³/mol. The Kier molecular flexibility index (Phi) is 8.07. The zero-order chi connectivity index (χ0) is 27.3. The van der Waals surface area contributed by atoms with Gasteiger partial charge in [0.2, 0.25) is 0 Å². The predicted octanol–water partition coefficient (Wildman–Crippen LogP) is 5.48. The van der Waals surface area contributed by atoms with Gasteiger partial charge in [-0.05, 0) is 47.7 Å². The van der Waals surface area contributed by atoms with Gasteiger partial charge in [-0.2, -0.15) is 5.10 Å². The molecule has 2 N–H and O–H groups in total. The first-order valence-corrected chi connectivity index (χ1v) is 13.0. The minimum absolute atomic E-state index is 0.0436. The van der Waals surface area contributed by atoms with Gasteiger partial charge in [-0.25, -0.2) is 10.2 Å². The van der Waals surface area contributed by atoms with Crippen molar-refractivity contribution < 1.29 is 14.7 Å². The molecular formula is C29H29N5O3S. The third-order valence-electron chi connectivity index (χ3n) is 5.83. The number of carboxylic acid groups (broad SMARTS) is 1. The number of rotatable bonds is 8. The number of nitrogens with zero attached hydrogens (tertiary/aromatic N) is 4. The Balaban J connectivity index is 1.50. The first-order valence-electron chi connectivity index (χ1n) is 12.0. The molecule has 4 aromatic rings. The SMILES string of the molecule is Cc1ccc(-n2c(SCC(=O)N/N=C/c3ccc(C(=O)O)cc3)nnc2-c2ccc(C(C)(C)C)cc2)cc1. The molecule has 0 radical (unpaired) electrons. The summed E-state index contributed by atoms with van der Waals surface area (Å²) >= 11 is 1.27. The van der Waals surface area contributed by atoms with Crippen LogP contribution >= 0.6 is 11.8 Å². The van der Waals surface area contributed by atoms with Crippen molar-refractivity contribution in [1.29, 1.82) is 0 Å². The molecule has 1 heterocycles. The van der Waals surface area contributed by atoms with Crippen LogP contribution in [0.3, 0.4) is 0 Å². The number of nitrogens with one attached hydrogen (secondary N) is 1. The van der Waals surface area contributed by atoms with E-state index in [-0.39, 0.29) is 22.6 Å². The van der Waals surface area contributed by atoms with E-state index < -0.39 is 5.97 Å². The summed E-state index contributed by atoms with van der Waals surface area (Å²) in [7, 11) is 0. The summed E-state index contributed by atoms with van der Waals surface area (Å²) in [5, 5.41) is 22.4. The van der Waals surface area contributed by atoms with Crippen molar-refractivity contribution in [2.24, 2.45) is 5.10 Å². The lowest BCUT2D eigenvalue weighted by Gasteiger charge is -2.19. The van der Waals surface area contributed by atoms with Gasteiger partial charge in [-0.3, -0.25) is 9.36 Å². The molecule has 0 bridgehead atoms. The minimum atomic E-state index is -0.998. The Morgan fingerprint density at radius 3 is 2.24 bits per heavy atom. The second-order valence-electron chi connectivity index (χ2n) is 9.81. The second kappa shape index (κ2) is 11.4. The van der Waals surface area contributed by atoms with Crippen molar-refractivity contribution in [2.75, 3.05) is 5.75 Å². The molecule has 0 saturated carbocycles. The fourth-order valence-electron chi connectivity index (χ4n) is 3.65. The lowest BCUT2D eigenvalue weighted by molar-refractivity contribution is -0.118. The van der Waals surface area contributed by atoms with Gasteiger partial charge in [-0.15, -0.1) is 10.2 Å². The smallest absolute Gasteiger partial charge is 0.335 e. The van der Waals surface area contributed by atoms with E-state index >= 15 is 0 Å². The number of benzene rings is 3. The van der Waals surface area contributed by atoms with Gasteiger partial charge in [0.1, 0.15) is 0 Å². The van der Waals surface area contributed by atoms with Crippen molar-refractivity contribution in [3.63, 3.8) is 0 Å². The first-order chi connectivity index (χ1) is 18.1. The van der Waals surface area contributed by atoms with Gasteiger partial charge in [0, 0.05) is 11.3 Å². The molecule has 1 amide bonds. The fourth-order valence-corrected chi connectivity index (χ4v) is 4.39. The molecule has 0 atom stereocenters. The number of hydrogen-bond acceptors (Lipinski definition) is 6. The maximum Gasteiger partial charge on any atom is 0.335 e. The molecule has 0 unspecified atom stereocenters. The molecule has 3 aromatic carbocycles. The zero-order valence-electron chi connectivity index (χ0n) is 21.7. The van der Waals surface area contributed by atoms with Gasteiger partial charge < -0.3 is 5.11 Å². The van der Waals surface area contributed by atoms with Crippen LogP contribution in [0.5, 0.6) is 0 Å². The Morgan fingerprint density at radius 1 is 0.974 bits per heavy atom. The minimum Gasteiger partial charge on any atom is -0.478 e. The number of aromatic carboxylic acids is 1. The van der Waals surface area contributed by atoms with Gasteiger partial charge in [0.05, 0.1) is 17.5 Å². The molecule has 0 fully saturated rings. The van der Waals surface area contributed by atoms with Crippen molar-refractivity contribution in [3.05, 3.63) is 95.1 Å². The van der Waals surface area contributed by atoms with E-state index in [1.165, 1.54) is 35.7 Å². The molecule has 4 rings (SSSR count). The highest BCUT2D eigenvalue weighted by molar-refractivity contribution is 7.99. The van der Waals surface area contributed by atoms with Crippen molar-refractivity contribution in [2.45, 2.75) is 38.3 Å². The Bertz CT molecular complexity index is 1450. The monoisotopic (exact) mass is 527 g/mol. The number of carboxylic acids is 1. The molecule has 0 spiro atoms. The van der Waals surface area contributed by atoms with Crippen molar-refractivity contribution in [1.82, 2.24) is 20.2 Å². The number of aromatic nitrogens is 3. The summed E-state index contributed by atoms with van der Waals surface area (Å²) in [6, 6.07) is 22.6. The van der Waals surface area contributed by atoms with Crippen molar-refractivity contribution >= 4 is 29.9 Å². The summed E-state index contributed by atoms with van der Waals surface area (Å²) in [6.45, 7) is 8.56. The summed E-state index contributed by atoms with van der Waals surface area (Å²) in [5.41, 5.74) is 7.60. The molecule has 0 aliphatic carbocycles. The average Bonchev–Trinajstić information content (AvgIpc) is 3.32. The van der Waals surface area contributed by atoms with Crippen LogP contribution in [0.25, 0.3) is 17.1 Å². The normalized spacial score (nSPS) is 11.6. The molecular weight excluding hydrogens is 498 g/mol. The molecule has 0 aliphatic heterocycles. The fraction of sp³-hybridized carbons (Fsp3) is 0.207. The Labute approximate surface area is 225 Å². The molecule has 0 aliphatic rings. The lowest BCUT2D eigenvalue weighted by atomic mass is 9.87. The number of amides is 1. The highest BCUT2D eigenvalue weighted by atomic mass is 32.2. The number of hydrazone groups is 1. The largest absolute Gasteiger partial charge is 0.478 e. The van der Waals surface area contributed by atoms with E-state index in [0.717, 1.165) is 16.8 Å². The van der Waals surface area contributed by atoms with Gasteiger partial charge in [-0.1, -0.05) is 86.6 Å². The van der Waals surface area contributed by atoms with E-state index in [2.05, 4.69) is 53.6 Å². The van der Waals surface area contributed by atoms with E-state index in [1.807, 2.05) is 47.9 Å². The maximum atomic E-state index is 12.5. The third-order valence-corrected chi connectivity index (χ3v) is 6.76. The van der Waals surface area contributed by atoms with Crippen LogP contribution in [0.1, 0.15) is 47.8 Å². The standard InChI is InChI=1S/C29H29N5O3S/c1-19-5-15-24(16-6-19)34-26(21-11-13-23(14-12-21)29(2,3)4)32-33-28(34)38-18-25(35)31-30-17-20-7-9-22(10-8-20)27(36)37/h5-17H,18H2,1-4H3,(H,31,35)(H,36,37)/b30-17+. The third kappa shape index (κ3) is 6.54. The van der Waals surface area contributed by atoms with Crippen LogP contribution in [0.2, 0.25) is 0 Å². The summed E-state index contributed by atoms with van der Waals surface area (Å²) in [6.07, 6.45) is 1.46. The Morgan fingerprint density at radius 2 is 1.63 bits per heavy atom. The Hall–Kier alpha value is -4.24. The number of aryl methyl sites for hydroxylation is 1. The highest BCUT2D eigenvalue weighted by Crippen LogP contribution is 2.30. The second-order valence-corrected chi connectivity index (χ2v) is 10.8. The van der Waals surface area contributed by atoms with E-state index in [0.29, 0.717) is 16.5 Å². The first kappa shape index (κ1) is 26.8. The van der Waals surface area contributed by atoms with E-state index in [9.17, 15) is 9.59 Å². The zero-order valence-corrected chi connectivity index (χ0v) is 22.5. The van der Waals surface area contributed by atoms with Crippen molar-refractivity contribution in [3.8, 4) is 17.1 Å². The molecule has 9 heteroatoms. The quantitative estimate of drug-likeness (QED) is 0.178. The number of carbonyl (C=O) groups is 2. The maximum absolute atomic E-state index is 12.5. The van der Waals surface area contributed by atoms with Gasteiger partial charge >= 0.3 is 5.97 Å². The van der Waals surface area contributed by atoms with E-state index in [1.54, 1.807) is 12.1 Å². The molecule has 8 nitrogen and oxygen atoms in total. The van der Waals surface area contributed by atoms with Crippen LogP contribution in [0, 0.1) is 6.92 Å². The molecule has 38 heavy (non-hydrogen) atoms. The van der Waals surface area contributed by atoms with Crippen LogP contribution < -0.4 is 5.43 Å². The molecule has 194 valence electrons. The van der Waals surface area contributed by atoms with Crippen LogP contribution in [0.4, 0.5) is 0 Å². The highest BCUT2D eigenvalue weighted by Gasteiger charge is 2.19. The van der Waals surface area contributed by atoms with Gasteiger partial charge in [0.25, 0.3) is 5.91 Å². The summed E-state index contributed by atoms with van der Waals surface area (Å²) < 4.78 is 1.96. The summed E-state index contributed by atoms with van der Waals surface area (Å²) in [4.78, 5) is 23.4. The van der Waals surface area contributed by atoms with Crippen LogP contribution in [-0.4, -0.2) is 43.7 Å². The van der Waals surface area contributed by atoms with Crippen LogP contribution in [-0.2, 0) is 10.2 Å².